The van der Waals surface area contributed by atoms with Crippen LogP contribution in [0.5, 0.6) is 5.75 Å². The van der Waals surface area contributed by atoms with Gasteiger partial charge in [0.1, 0.15) is 5.75 Å². The van der Waals surface area contributed by atoms with Crippen molar-refractivity contribution in [2.45, 2.75) is 33.2 Å². The molecule has 0 spiro atoms. The van der Waals surface area contributed by atoms with Gasteiger partial charge in [0.05, 0.1) is 18.8 Å². The van der Waals surface area contributed by atoms with Gasteiger partial charge in [0.2, 0.25) is 0 Å². The number of hydrogen-bond acceptors (Lipinski definition) is 4. The smallest absolute Gasteiger partial charge is 0.137 e. The monoisotopic (exact) mass is 271 g/mol. The van der Waals surface area contributed by atoms with Crippen molar-refractivity contribution in [1.82, 2.24) is 9.97 Å². The zero-order valence-corrected chi connectivity index (χ0v) is 12.3. The first kappa shape index (κ1) is 14.5. The molecule has 0 amide bonds. The van der Waals surface area contributed by atoms with Gasteiger partial charge in [-0.15, -0.1) is 0 Å². The third-order valence-corrected chi connectivity index (χ3v) is 3.03. The second kappa shape index (κ2) is 6.48. The van der Waals surface area contributed by atoms with Crippen molar-refractivity contribution < 1.29 is 4.74 Å². The second-order valence-corrected chi connectivity index (χ2v) is 4.96. The topological polar surface area (TPSA) is 61.0 Å². The highest BCUT2D eigenvalue weighted by Crippen LogP contribution is 2.23. The minimum Gasteiger partial charge on any atom is -0.492 e. The molecule has 0 aliphatic carbocycles. The van der Waals surface area contributed by atoms with E-state index in [0.717, 1.165) is 34.7 Å². The summed E-state index contributed by atoms with van der Waals surface area (Å²) in [7, 11) is 0. The van der Waals surface area contributed by atoms with E-state index in [1.807, 2.05) is 32.0 Å². The predicted octanol–water partition coefficient (Wildman–Crippen LogP) is 2.93. The molecule has 2 rings (SSSR count). The molecule has 2 heterocycles. The van der Waals surface area contributed by atoms with Crippen LogP contribution in [0.4, 0.5) is 0 Å². The van der Waals surface area contributed by atoms with Crippen molar-refractivity contribution in [3.8, 4) is 5.75 Å². The molecular formula is C16H21N3O. The Kier molecular flexibility index (Phi) is 4.69. The van der Waals surface area contributed by atoms with Gasteiger partial charge in [-0.1, -0.05) is 6.92 Å². The summed E-state index contributed by atoms with van der Waals surface area (Å²) in [5.74, 6) is 0.766. The first-order valence-corrected chi connectivity index (χ1v) is 6.88. The van der Waals surface area contributed by atoms with Crippen molar-refractivity contribution >= 4 is 0 Å². The lowest BCUT2D eigenvalue weighted by molar-refractivity contribution is 0.315. The lowest BCUT2D eigenvalue weighted by Crippen LogP contribution is -2.13. The van der Waals surface area contributed by atoms with Gasteiger partial charge in [-0.3, -0.25) is 9.97 Å². The van der Waals surface area contributed by atoms with Gasteiger partial charge in [0.15, 0.2) is 0 Å². The molecule has 0 radical (unpaired) electrons. The number of pyridine rings is 2. The molecule has 0 saturated carbocycles. The van der Waals surface area contributed by atoms with Crippen molar-refractivity contribution in [3.63, 3.8) is 0 Å². The van der Waals surface area contributed by atoms with Gasteiger partial charge in [-0.25, -0.2) is 0 Å². The van der Waals surface area contributed by atoms with E-state index in [4.69, 9.17) is 10.5 Å². The molecule has 0 aromatic carbocycles. The number of aromatic nitrogens is 2. The van der Waals surface area contributed by atoms with Crippen LogP contribution in [-0.2, 0) is 0 Å². The van der Waals surface area contributed by atoms with Crippen LogP contribution in [0.1, 0.15) is 41.9 Å². The number of aryl methyl sites for hydroxylation is 2. The SMILES string of the molecule is CCCOc1cncc(C(N)c2cc(C)nc(C)c2)c1. The van der Waals surface area contributed by atoms with E-state index in [1.54, 1.807) is 12.4 Å². The van der Waals surface area contributed by atoms with E-state index in [1.165, 1.54) is 0 Å². The van der Waals surface area contributed by atoms with Crippen LogP contribution in [0, 0.1) is 13.8 Å². The fraction of sp³-hybridized carbons (Fsp3) is 0.375. The standard InChI is InChI=1S/C16H21N3O/c1-4-5-20-15-8-14(9-18-10-15)16(17)13-6-11(2)19-12(3)7-13/h6-10,16H,4-5,17H2,1-3H3. The Hall–Kier alpha value is -1.94. The highest BCUT2D eigenvalue weighted by atomic mass is 16.5. The average molecular weight is 271 g/mol. The molecule has 1 atom stereocenters. The average Bonchev–Trinajstić information content (AvgIpc) is 2.43. The van der Waals surface area contributed by atoms with E-state index in [2.05, 4.69) is 16.9 Å². The Labute approximate surface area is 120 Å². The van der Waals surface area contributed by atoms with Gasteiger partial charge < -0.3 is 10.5 Å². The third kappa shape index (κ3) is 3.54. The van der Waals surface area contributed by atoms with E-state index in [0.29, 0.717) is 6.61 Å². The summed E-state index contributed by atoms with van der Waals surface area (Å²) in [5.41, 5.74) is 10.3. The van der Waals surface area contributed by atoms with Crippen LogP contribution in [-0.4, -0.2) is 16.6 Å². The van der Waals surface area contributed by atoms with Gasteiger partial charge in [0.25, 0.3) is 0 Å². The molecule has 106 valence electrons. The minimum absolute atomic E-state index is 0.215. The Bertz CT molecular complexity index is 563. The Balaban J connectivity index is 2.25. The van der Waals surface area contributed by atoms with Crippen LogP contribution in [0.15, 0.2) is 30.6 Å². The normalized spacial score (nSPS) is 12.2. The molecule has 2 aromatic rings. The van der Waals surface area contributed by atoms with Crippen LogP contribution < -0.4 is 10.5 Å². The van der Waals surface area contributed by atoms with Gasteiger partial charge in [-0.05, 0) is 49.6 Å². The lowest BCUT2D eigenvalue weighted by Gasteiger charge is -2.14. The maximum atomic E-state index is 6.33. The lowest BCUT2D eigenvalue weighted by atomic mass is 10.0. The molecule has 0 fully saturated rings. The molecule has 1 unspecified atom stereocenters. The van der Waals surface area contributed by atoms with Crippen molar-refractivity contribution in [2.75, 3.05) is 6.61 Å². The highest BCUT2D eigenvalue weighted by Gasteiger charge is 2.11. The molecular weight excluding hydrogens is 250 g/mol. The summed E-state index contributed by atoms with van der Waals surface area (Å²) in [6.07, 6.45) is 4.47. The number of rotatable bonds is 5. The fourth-order valence-corrected chi connectivity index (χ4v) is 2.14. The maximum Gasteiger partial charge on any atom is 0.137 e. The summed E-state index contributed by atoms with van der Waals surface area (Å²) < 4.78 is 5.60. The predicted molar refractivity (Wildman–Crippen MR) is 79.8 cm³/mol. The summed E-state index contributed by atoms with van der Waals surface area (Å²) in [6, 6.07) is 5.76. The number of nitrogens with zero attached hydrogens (tertiary/aromatic N) is 2. The van der Waals surface area contributed by atoms with Crippen molar-refractivity contribution in [3.05, 3.63) is 53.1 Å². The van der Waals surface area contributed by atoms with E-state index >= 15 is 0 Å². The quantitative estimate of drug-likeness (QED) is 0.908. The molecule has 4 heteroatoms. The van der Waals surface area contributed by atoms with Crippen LogP contribution in [0.3, 0.4) is 0 Å². The first-order chi connectivity index (χ1) is 9.60. The van der Waals surface area contributed by atoms with Gasteiger partial charge in [-0.2, -0.15) is 0 Å². The van der Waals surface area contributed by atoms with Crippen LogP contribution in [0.2, 0.25) is 0 Å². The summed E-state index contributed by atoms with van der Waals surface area (Å²) in [6.45, 7) is 6.71. The Morgan fingerprint density at radius 2 is 1.80 bits per heavy atom. The zero-order valence-electron chi connectivity index (χ0n) is 12.3. The first-order valence-electron chi connectivity index (χ1n) is 6.88. The number of hydrogen-bond donors (Lipinski definition) is 1. The minimum atomic E-state index is -0.215. The fourth-order valence-electron chi connectivity index (χ4n) is 2.14. The summed E-state index contributed by atoms with van der Waals surface area (Å²) in [4.78, 5) is 8.58. The summed E-state index contributed by atoms with van der Waals surface area (Å²) in [5, 5.41) is 0. The maximum absolute atomic E-state index is 6.33. The molecule has 0 bridgehead atoms. The number of ether oxygens (including phenoxy) is 1. The van der Waals surface area contributed by atoms with Gasteiger partial charge in [0, 0.05) is 17.6 Å². The van der Waals surface area contributed by atoms with E-state index < -0.39 is 0 Å². The molecule has 0 saturated heterocycles. The number of nitrogens with two attached hydrogens (primary N) is 1. The Morgan fingerprint density at radius 3 is 2.45 bits per heavy atom. The van der Waals surface area contributed by atoms with Crippen molar-refractivity contribution in [2.24, 2.45) is 5.73 Å². The molecule has 2 aromatic heterocycles. The highest BCUT2D eigenvalue weighted by molar-refractivity contribution is 5.34. The van der Waals surface area contributed by atoms with Crippen LogP contribution >= 0.6 is 0 Å². The third-order valence-electron chi connectivity index (χ3n) is 3.03. The Morgan fingerprint density at radius 1 is 1.10 bits per heavy atom. The molecule has 20 heavy (non-hydrogen) atoms. The molecule has 4 nitrogen and oxygen atoms in total. The second-order valence-electron chi connectivity index (χ2n) is 4.96. The molecule has 0 aliphatic rings. The van der Waals surface area contributed by atoms with Crippen molar-refractivity contribution in [1.29, 1.82) is 0 Å². The zero-order chi connectivity index (χ0) is 14.5. The van der Waals surface area contributed by atoms with E-state index in [9.17, 15) is 0 Å². The van der Waals surface area contributed by atoms with Crippen LogP contribution in [0.25, 0.3) is 0 Å². The largest absolute Gasteiger partial charge is 0.492 e. The summed E-state index contributed by atoms with van der Waals surface area (Å²) >= 11 is 0. The van der Waals surface area contributed by atoms with E-state index in [-0.39, 0.29) is 6.04 Å². The molecule has 2 N–H and O–H groups in total. The van der Waals surface area contributed by atoms with Gasteiger partial charge >= 0.3 is 0 Å². The molecule has 0 aliphatic heterocycles.